The number of nitrogens with zero attached hydrogens (tertiary/aromatic N) is 2. The Hall–Kier alpha value is -2.49. The lowest BCUT2D eigenvalue weighted by atomic mass is 10.1. The molecule has 0 radical (unpaired) electrons. The van der Waals surface area contributed by atoms with Crippen LogP contribution in [-0.4, -0.2) is 28.7 Å². The van der Waals surface area contributed by atoms with Gasteiger partial charge >= 0.3 is 0 Å². The maximum absolute atomic E-state index is 11.9. The number of pyridine rings is 1. The van der Waals surface area contributed by atoms with Gasteiger partial charge in [-0.05, 0) is 12.1 Å². The molecular formula is C15H12N2O2. The maximum Gasteiger partial charge on any atom is 0.256 e. The van der Waals surface area contributed by atoms with Gasteiger partial charge in [-0.25, -0.2) is 0 Å². The number of likely N-dealkylation sites (tertiary alicyclic amines) is 1. The van der Waals surface area contributed by atoms with Crippen LogP contribution in [0.1, 0.15) is 12.0 Å². The standard InChI is InChI=1S/C15H12N2O2/c1-17-13(18)9-12(15(17)19)8-11-5-2-4-10-6-3-7-16-14(10)11/h2-8H,9H2,1H3/b12-8+. The molecule has 0 bridgehead atoms. The van der Waals surface area contributed by atoms with E-state index in [9.17, 15) is 9.59 Å². The third-order valence-electron chi connectivity index (χ3n) is 3.29. The smallest absolute Gasteiger partial charge is 0.256 e. The van der Waals surface area contributed by atoms with Gasteiger partial charge in [0, 0.05) is 29.8 Å². The second-order valence-electron chi connectivity index (χ2n) is 4.53. The zero-order chi connectivity index (χ0) is 13.4. The van der Waals surface area contributed by atoms with Gasteiger partial charge in [0.2, 0.25) is 5.91 Å². The number of aromatic nitrogens is 1. The first-order valence-electron chi connectivity index (χ1n) is 6.02. The third kappa shape index (κ3) is 1.91. The van der Waals surface area contributed by atoms with Crippen molar-refractivity contribution in [1.82, 2.24) is 9.88 Å². The van der Waals surface area contributed by atoms with Crippen LogP contribution in [-0.2, 0) is 9.59 Å². The lowest BCUT2D eigenvalue weighted by Crippen LogP contribution is -2.23. The predicted molar refractivity (Wildman–Crippen MR) is 72.1 cm³/mol. The van der Waals surface area contributed by atoms with Crippen LogP contribution in [0.15, 0.2) is 42.1 Å². The van der Waals surface area contributed by atoms with E-state index in [1.807, 2.05) is 30.3 Å². The third-order valence-corrected chi connectivity index (χ3v) is 3.29. The summed E-state index contributed by atoms with van der Waals surface area (Å²) in [4.78, 5) is 28.9. The van der Waals surface area contributed by atoms with E-state index >= 15 is 0 Å². The molecule has 0 saturated carbocycles. The highest BCUT2D eigenvalue weighted by atomic mass is 16.2. The number of rotatable bonds is 1. The topological polar surface area (TPSA) is 50.3 Å². The number of hydrogen-bond acceptors (Lipinski definition) is 3. The first-order valence-corrected chi connectivity index (χ1v) is 6.02. The monoisotopic (exact) mass is 252 g/mol. The van der Waals surface area contributed by atoms with Crippen molar-refractivity contribution in [1.29, 1.82) is 0 Å². The molecule has 94 valence electrons. The summed E-state index contributed by atoms with van der Waals surface area (Å²) in [6, 6.07) is 9.63. The molecule has 4 heteroatoms. The fraction of sp³-hybridized carbons (Fsp3) is 0.133. The highest BCUT2D eigenvalue weighted by Gasteiger charge is 2.30. The molecule has 1 aromatic heterocycles. The van der Waals surface area contributed by atoms with Crippen LogP contribution in [0.2, 0.25) is 0 Å². The van der Waals surface area contributed by atoms with Gasteiger partial charge in [-0.1, -0.05) is 24.3 Å². The largest absolute Gasteiger partial charge is 0.282 e. The highest BCUT2D eigenvalue weighted by Crippen LogP contribution is 2.23. The van der Waals surface area contributed by atoms with Gasteiger partial charge in [-0.15, -0.1) is 0 Å². The number of amides is 2. The predicted octanol–water partition coefficient (Wildman–Crippen LogP) is 2.01. The van der Waals surface area contributed by atoms with Crippen LogP contribution >= 0.6 is 0 Å². The van der Waals surface area contributed by atoms with Gasteiger partial charge in [-0.3, -0.25) is 19.5 Å². The average molecular weight is 252 g/mol. The summed E-state index contributed by atoms with van der Waals surface area (Å²) in [5.41, 5.74) is 2.22. The minimum atomic E-state index is -0.224. The number of fused-ring (bicyclic) bond motifs is 1. The van der Waals surface area contributed by atoms with Crippen molar-refractivity contribution >= 4 is 28.8 Å². The molecule has 0 N–H and O–H groups in total. The lowest BCUT2D eigenvalue weighted by Gasteiger charge is -2.03. The van der Waals surface area contributed by atoms with Gasteiger partial charge in [0.25, 0.3) is 5.91 Å². The molecule has 19 heavy (non-hydrogen) atoms. The Morgan fingerprint density at radius 3 is 2.74 bits per heavy atom. The normalized spacial score (nSPS) is 17.7. The molecule has 2 amide bonds. The van der Waals surface area contributed by atoms with Crippen molar-refractivity contribution in [2.75, 3.05) is 7.05 Å². The average Bonchev–Trinajstić information content (AvgIpc) is 2.67. The molecule has 0 atom stereocenters. The van der Waals surface area contributed by atoms with Crippen LogP contribution in [0.25, 0.3) is 17.0 Å². The molecule has 0 unspecified atom stereocenters. The first kappa shape index (κ1) is 11.6. The Labute approximate surface area is 110 Å². The van der Waals surface area contributed by atoms with Crippen molar-refractivity contribution < 1.29 is 9.59 Å². The van der Waals surface area contributed by atoms with E-state index in [-0.39, 0.29) is 18.2 Å². The SMILES string of the molecule is CN1C(=O)C/C(=C\c2cccc3cccnc23)C1=O. The van der Waals surface area contributed by atoms with E-state index in [1.165, 1.54) is 7.05 Å². The minimum absolute atomic E-state index is 0.163. The van der Waals surface area contributed by atoms with Gasteiger partial charge < -0.3 is 0 Å². The number of likely N-dealkylation sites (N-methyl/N-ethyl adjacent to an activating group) is 1. The van der Waals surface area contributed by atoms with Gasteiger partial charge in [0.15, 0.2) is 0 Å². The Kier molecular flexibility index (Phi) is 2.63. The fourth-order valence-electron chi connectivity index (χ4n) is 2.23. The van der Waals surface area contributed by atoms with Crippen LogP contribution in [0, 0.1) is 0 Å². The van der Waals surface area contributed by atoms with Gasteiger partial charge in [0.05, 0.1) is 11.9 Å². The molecule has 1 aliphatic rings. The second-order valence-corrected chi connectivity index (χ2v) is 4.53. The Bertz CT molecular complexity index is 714. The number of imide groups is 1. The van der Waals surface area contributed by atoms with Crippen LogP contribution in [0.4, 0.5) is 0 Å². The van der Waals surface area contributed by atoms with Crippen LogP contribution in [0.5, 0.6) is 0 Å². The number of para-hydroxylation sites is 1. The fourth-order valence-corrected chi connectivity index (χ4v) is 2.23. The maximum atomic E-state index is 11.9. The molecule has 2 heterocycles. The van der Waals surface area contributed by atoms with E-state index in [1.54, 1.807) is 12.3 Å². The van der Waals surface area contributed by atoms with Gasteiger partial charge in [-0.2, -0.15) is 0 Å². The molecule has 1 saturated heterocycles. The summed E-state index contributed by atoms with van der Waals surface area (Å²) in [6.45, 7) is 0. The van der Waals surface area contributed by atoms with E-state index in [0.717, 1.165) is 21.4 Å². The van der Waals surface area contributed by atoms with Crippen molar-refractivity contribution in [2.24, 2.45) is 0 Å². The van der Waals surface area contributed by atoms with Crippen molar-refractivity contribution in [3.63, 3.8) is 0 Å². The summed E-state index contributed by atoms with van der Waals surface area (Å²) in [7, 11) is 1.51. The van der Waals surface area contributed by atoms with Crippen molar-refractivity contribution in [3.8, 4) is 0 Å². The molecule has 3 rings (SSSR count). The van der Waals surface area contributed by atoms with Gasteiger partial charge in [0.1, 0.15) is 0 Å². The Balaban J connectivity index is 2.12. The van der Waals surface area contributed by atoms with E-state index in [2.05, 4.69) is 4.98 Å². The number of carbonyl (C=O) groups is 2. The molecule has 4 nitrogen and oxygen atoms in total. The highest BCUT2D eigenvalue weighted by molar-refractivity contribution is 6.15. The zero-order valence-corrected chi connectivity index (χ0v) is 10.5. The van der Waals surface area contributed by atoms with Crippen molar-refractivity contribution in [2.45, 2.75) is 6.42 Å². The second kappa shape index (κ2) is 4.31. The quantitative estimate of drug-likeness (QED) is 0.576. The molecule has 2 aromatic rings. The van der Waals surface area contributed by atoms with Crippen molar-refractivity contribution in [3.05, 3.63) is 47.7 Å². The summed E-state index contributed by atoms with van der Waals surface area (Å²) < 4.78 is 0. The summed E-state index contributed by atoms with van der Waals surface area (Å²) >= 11 is 0. The number of carbonyl (C=O) groups excluding carboxylic acids is 2. The minimum Gasteiger partial charge on any atom is -0.282 e. The van der Waals surface area contributed by atoms with Crippen LogP contribution in [0.3, 0.4) is 0 Å². The van der Waals surface area contributed by atoms with E-state index in [0.29, 0.717) is 5.57 Å². The summed E-state index contributed by atoms with van der Waals surface area (Å²) in [6.07, 6.45) is 3.65. The molecule has 1 fully saturated rings. The summed E-state index contributed by atoms with van der Waals surface area (Å²) in [5, 5.41) is 1.02. The molecule has 1 aliphatic heterocycles. The number of benzene rings is 1. The summed E-state index contributed by atoms with van der Waals surface area (Å²) in [5.74, 6) is -0.387. The lowest BCUT2D eigenvalue weighted by molar-refractivity contribution is -0.135. The molecule has 0 spiro atoms. The Morgan fingerprint density at radius 1 is 1.21 bits per heavy atom. The molecular weight excluding hydrogens is 240 g/mol. The molecule has 0 aliphatic carbocycles. The first-order chi connectivity index (χ1) is 9.16. The number of hydrogen-bond donors (Lipinski definition) is 0. The van der Waals surface area contributed by atoms with E-state index < -0.39 is 0 Å². The molecule has 1 aromatic carbocycles. The Morgan fingerprint density at radius 2 is 2.00 bits per heavy atom. The zero-order valence-electron chi connectivity index (χ0n) is 10.5. The van der Waals surface area contributed by atoms with E-state index in [4.69, 9.17) is 0 Å². The van der Waals surface area contributed by atoms with Crippen LogP contribution < -0.4 is 0 Å².